The van der Waals surface area contributed by atoms with Crippen LogP contribution in [0.4, 0.5) is 0 Å². The summed E-state index contributed by atoms with van der Waals surface area (Å²) in [7, 11) is 0. The van der Waals surface area contributed by atoms with Gasteiger partial charge in [-0.05, 0) is 18.6 Å². The second-order valence-corrected chi connectivity index (χ2v) is 4.53. The Bertz CT molecular complexity index is 112. The SMILES string of the molecule is CCOCC(CSCC(C)C)NN. The largest absolute Gasteiger partial charge is 0.380 e. The Morgan fingerprint density at radius 1 is 1.38 bits per heavy atom. The lowest BCUT2D eigenvalue weighted by Crippen LogP contribution is -2.40. The molecule has 0 fully saturated rings. The summed E-state index contributed by atoms with van der Waals surface area (Å²) in [4.78, 5) is 0. The summed E-state index contributed by atoms with van der Waals surface area (Å²) in [6, 6.07) is 0.281. The van der Waals surface area contributed by atoms with Gasteiger partial charge in [0.1, 0.15) is 0 Å². The molecule has 0 aromatic heterocycles. The Hall–Kier alpha value is 0.230. The lowest BCUT2D eigenvalue weighted by atomic mass is 10.3. The molecule has 0 aliphatic heterocycles. The van der Waals surface area contributed by atoms with Gasteiger partial charge >= 0.3 is 0 Å². The molecule has 0 rings (SSSR count). The van der Waals surface area contributed by atoms with Crippen LogP contribution >= 0.6 is 11.8 Å². The van der Waals surface area contributed by atoms with E-state index in [-0.39, 0.29) is 6.04 Å². The van der Waals surface area contributed by atoms with Crippen molar-refractivity contribution in [1.82, 2.24) is 5.43 Å². The van der Waals surface area contributed by atoms with E-state index in [4.69, 9.17) is 10.6 Å². The molecule has 0 heterocycles. The van der Waals surface area contributed by atoms with Crippen LogP contribution in [0.3, 0.4) is 0 Å². The Morgan fingerprint density at radius 2 is 2.08 bits per heavy atom. The second-order valence-electron chi connectivity index (χ2n) is 3.45. The summed E-state index contributed by atoms with van der Waals surface area (Å²) >= 11 is 1.92. The Labute approximate surface area is 85.8 Å². The van der Waals surface area contributed by atoms with Crippen molar-refractivity contribution in [3.8, 4) is 0 Å². The maximum atomic E-state index is 5.39. The van der Waals surface area contributed by atoms with E-state index in [0.717, 1.165) is 18.3 Å². The van der Waals surface area contributed by atoms with Gasteiger partial charge in [0, 0.05) is 12.4 Å². The summed E-state index contributed by atoms with van der Waals surface area (Å²) < 4.78 is 5.29. The molecule has 0 aliphatic rings. The van der Waals surface area contributed by atoms with Crippen LogP contribution in [0.2, 0.25) is 0 Å². The first-order valence-corrected chi connectivity index (χ1v) is 5.97. The predicted octanol–water partition coefficient (Wildman–Crippen LogP) is 1.24. The van der Waals surface area contributed by atoms with Crippen molar-refractivity contribution in [2.45, 2.75) is 26.8 Å². The molecule has 80 valence electrons. The second kappa shape index (κ2) is 8.81. The molecular weight excluding hydrogens is 184 g/mol. The van der Waals surface area contributed by atoms with Crippen LogP contribution in [0.25, 0.3) is 0 Å². The fraction of sp³-hybridized carbons (Fsp3) is 1.00. The number of thioether (sulfide) groups is 1. The average molecular weight is 206 g/mol. The monoisotopic (exact) mass is 206 g/mol. The van der Waals surface area contributed by atoms with Crippen LogP contribution in [-0.4, -0.2) is 30.8 Å². The maximum Gasteiger partial charge on any atom is 0.0641 e. The summed E-state index contributed by atoms with van der Waals surface area (Å²) in [5.41, 5.74) is 2.76. The lowest BCUT2D eigenvalue weighted by molar-refractivity contribution is 0.129. The van der Waals surface area contributed by atoms with Gasteiger partial charge in [0.05, 0.1) is 12.6 Å². The third-order valence-corrected chi connectivity index (χ3v) is 3.07. The molecule has 3 N–H and O–H groups in total. The van der Waals surface area contributed by atoms with Crippen LogP contribution < -0.4 is 11.3 Å². The highest BCUT2D eigenvalue weighted by molar-refractivity contribution is 7.99. The average Bonchev–Trinajstić information content (AvgIpc) is 2.10. The van der Waals surface area contributed by atoms with Gasteiger partial charge < -0.3 is 4.74 Å². The molecule has 0 amide bonds. The van der Waals surface area contributed by atoms with Gasteiger partial charge in [-0.2, -0.15) is 11.8 Å². The molecule has 0 aromatic carbocycles. The number of hydrazine groups is 1. The fourth-order valence-electron chi connectivity index (χ4n) is 0.850. The molecular formula is C9H22N2OS. The van der Waals surface area contributed by atoms with Gasteiger partial charge in [0.2, 0.25) is 0 Å². The Balaban J connectivity index is 3.36. The van der Waals surface area contributed by atoms with E-state index < -0.39 is 0 Å². The molecule has 0 aromatic rings. The van der Waals surface area contributed by atoms with Crippen molar-refractivity contribution in [2.24, 2.45) is 11.8 Å². The van der Waals surface area contributed by atoms with E-state index in [1.54, 1.807) is 0 Å². The molecule has 4 heteroatoms. The number of nitrogens with one attached hydrogen (secondary N) is 1. The van der Waals surface area contributed by atoms with Crippen LogP contribution in [0, 0.1) is 5.92 Å². The van der Waals surface area contributed by atoms with Gasteiger partial charge in [-0.15, -0.1) is 0 Å². The van der Waals surface area contributed by atoms with E-state index in [1.807, 2.05) is 18.7 Å². The minimum absolute atomic E-state index is 0.281. The first-order chi connectivity index (χ1) is 6.20. The number of ether oxygens (including phenoxy) is 1. The molecule has 0 bridgehead atoms. The van der Waals surface area contributed by atoms with Crippen molar-refractivity contribution in [3.63, 3.8) is 0 Å². The zero-order valence-corrected chi connectivity index (χ0v) is 9.69. The summed E-state index contributed by atoms with van der Waals surface area (Å²) in [6.45, 7) is 7.90. The van der Waals surface area contributed by atoms with Gasteiger partial charge in [-0.1, -0.05) is 13.8 Å². The molecule has 1 atom stereocenters. The normalized spacial score (nSPS) is 13.6. The van der Waals surface area contributed by atoms with Crippen molar-refractivity contribution < 1.29 is 4.74 Å². The van der Waals surface area contributed by atoms with Gasteiger partial charge in [0.25, 0.3) is 0 Å². The van der Waals surface area contributed by atoms with Crippen LogP contribution in [0.15, 0.2) is 0 Å². The Morgan fingerprint density at radius 3 is 2.54 bits per heavy atom. The molecule has 13 heavy (non-hydrogen) atoms. The standard InChI is InChI=1S/C9H22N2OS/c1-4-12-5-9(11-10)7-13-6-8(2)3/h8-9,11H,4-7,10H2,1-3H3. The van der Waals surface area contributed by atoms with E-state index in [2.05, 4.69) is 19.3 Å². The topological polar surface area (TPSA) is 47.3 Å². The van der Waals surface area contributed by atoms with Crippen LogP contribution in [-0.2, 0) is 4.74 Å². The highest BCUT2D eigenvalue weighted by Crippen LogP contribution is 2.08. The summed E-state index contributed by atoms with van der Waals surface area (Å²) in [6.07, 6.45) is 0. The summed E-state index contributed by atoms with van der Waals surface area (Å²) in [5, 5.41) is 0. The van der Waals surface area contributed by atoms with Crippen molar-refractivity contribution >= 4 is 11.8 Å². The van der Waals surface area contributed by atoms with E-state index in [9.17, 15) is 0 Å². The first-order valence-electron chi connectivity index (χ1n) is 4.82. The van der Waals surface area contributed by atoms with Gasteiger partial charge in [-0.3, -0.25) is 11.3 Å². The fourth-order valence-corrected chi connectivity index (χ4v) is 1.93. The molecule has 0 radical (unpaired) electrons. The molecule has 0 spiro atoms. The van der Waals surface area contributed by atoms with Crippen molar-refractivity contribution in [2.75, 3.05) is 24.7 Å². The van der Waals surface area contributed by atoms with E-state index in [0.29, 0.717) is 6.61 Å². The number of rotatable bonds is 8. The maximum absolute atomic E-state index is 5.39. The third-order valence-electron chi connectivity index (χ3n) is 1.53. The zero-order chi connectivity index (χ0) is 10.1. The van der Waals surface area contributed by atoms with Gasteiger partial charge in [0.15, 0.2) is 0 Å². The highest BCUT2D eigenvalue weighted by Gasteiger charge is 2.06. The first kappa shape index (κ1) is 13.2. The molecule has 0 saturated carbocycles. The molecule has 0 saturated heterocycles. The smallest absolute Gasteiger partial charge is 0.0641 e. The van der Waals surface area contributed by atoms with E-state index >= 15 is 0 Å². The third kappa shape index (κ3) is 8.56. The zero-order valence-electron chi connectivity index (χ0n) is 8.88. The molecule has 0 aliphatic carbocycles. The molecule has 1 unspecified atom stereocenters. The van der Waals surface area contributed by atoms with Crippen molar-refractivity contribution in [3.05, 3.63) is 0 Å². The predicted molar refractivity (Wildman–Crippen MR) is 59.8 cm³/mol. The van der Waals surface area contributed by atoms with E-state index in [1.165, 1.54) is 5.75 Å². The summed E-state index contributed by atoms with van der Waals surface area (Å²) in [5.74, 6) is 8.34. The van der Waals surface area contributed by atoms with Crippen LogP contribution in [0.1, 0.15) is 20.8 Å². The van der Waals surface area contributed by atoms with Crippen molar-refractivity contribution in [1.29, 1.82) is 0 Å². The highest BCUT2D eigenvalue weighted by atomic mass is 32.2. The molecule has 3 nitrogen and oxygen atoms in total. The lowest BCUT2D eigenvalue weighted by Gasteiger charge is -2.15. The minimum Gasteiger partial charge on any atom is -0.380 e. The number of hydrogen-bond acceptors (Lipinski definition) is 4. The van der Waals surface area contributed by atoms with Gasteiger partial charge in [-0.25, -0.2) is 0 Å². The number of nitrogens with two attached hydrogens (primary N) is 1. The Kier molecular flexibility index (Phi) is 8.97. The quantitative estimate of drug-likeness (QED) is 0.463. The van der Waals surface area contributed by atoms with Crippen LogP contribution in [0.5, 0.6) is 0 Å². The number of hydrogen-bond donors (Lipinski definition) is 2. The minimum atomic E-state index is 0.281.